The van der Waals surface area contributed by atoms with Gasteiger partial charge in [-0.15, -0.1) is 0 Å². The van der Waals surface area contributed by atoms with Crippen LogP contribution in [0.1, 0.15) is 44.9 Å². The maximum Gasteiger partial charge on any atom is 0.226 e. The van der Waals surface area contributed by atoms with Crippen molar-refractivity contribution in [2.75, 3.05) is 19.7 Å². The highest BCUT2D eigenvalue weighted by Gasteiger charge is 2.41. The van der Waals surface area contributed by atoms with Gasteiger partial charge in [0.25, 0.3) is 0 Å². The molecule has 1 aliphatic heterocycles. The number of ether oxygens (including phenoxy) is 1. The summed E-state index contributed by atoms with van der Waals surface area (Å²) in [5, 5.41) is 0. The molecule has 1 amide bonds. The second kappa shape index (κ2) is 5.80. The molecule has 108 valence electrons. The van der Waals surface area contributed by atoms with Crippen LogP contribution in [-0.2, 0) is 9.53 Å². The lowest BCUT2D eigenvalue weighted by atomic mass is 9.87. The molecule has 3 aliphatic rings. The van der Waals surface area contributed by atoms with Gasteiger partial charge in [0.2, 0.25) is 5.91 Å². The molecule has 4 nitrogen and oxygen atoms in total. The number of morpholine rings is 1. The average molecular weight is 266 g/mol. The minimum Gasteiger partial charge on any atom is -0.374 e. The van der Waals surface area contributed by atoms with Crippen LogP contribution >= 0.6 is 0 Å². The van der Waals surface area contributed by atoms with Gasteiger partial charge in [-0.25, -0.2) is 0 Å². The minimum absolute atomic E-state index is 0.186. The summed E-state index contributed by atoms with van der Waals surface area (Å²) in [6.45, 7) is 2.16. The van der Waals surface area contributed by atoms with Crippen molar-refractivity contribution >= 4 is 5.91 Å². The Morgan fingerprint density at radius 1 is 1.16 bits per heavy atom. The molecule has 19 heavy (non-hydrogen) atoms. The van der Waals surface area contributed by atoms with E-state index < -0.39 is 0 Å². The molecule has 4 heteroatoms. The molecule has 4 unspecified atom stereocenters. The molecule has 1 saturated heterocycles. The molecule has 1 heterocycles. The summed E-state index contributed by atoms with van der Waals surface area (Å²) < 4.78 is 5.86. The number of rotatable bonds is 2. The molecule has 2 aliphatic carbocycles. The standard InChI is InChI=1S/C15H26N2O2/c16-10-11-4-3-5-12(11)15(18)17-8-9-19-14-7-2-1-6-13(14)17/h11-14H,1-10,16H2. The summed E-state index contributed by atoms with van der Waals surface area (Å²) in [6, 6.07) is 0.342. The molecule has 0 aromatic rings. The van der Waals surface area contributed by atoms with Crippen LogP contribution in [0, 0.1) is 11.8 Å². The highest BCUT2D eigenvalue weighted by Crippen LogP contribution is 2.35. The van der Waals surface area contributed by atoms with Gasteiger partial charge < -0.3 is 15.4 Å². The SMILES string of the molecule is NCC1CCCC1C(=O)N1CCOC2CCCCC21. The third-order valence-corrected chi connectivity index (χ3v) is 5.29. The van der Waals surface area contributed by atoms with Crippen LogP contribution in [0.3, 0.4) is 0 Å². The fraction of sp³-hybridized carbons (Fsp3) is 0.933. The maximum absolute atomic E-state index is 12.8. The predicted octanol–water partition coefficient (Wildman–Crippen LogP) is 1.53. The Kier molecular flexibility index (Phi) is 4.08. The van der Waals surface area contributed by atoms with Crippen molar-refractivity contribution in [2.24, 2.45) is 17.6 Å². The van der Waals surface area contributed by atoms with E-state index in [9.17, 15) is 4.79 Å². The highest BCUT2D eigenvalue weighted by atomic mass is 16.5. The van der Waals surface area contributed by atoms with Crippen molar-refractivity contribution in [3.63, 3.8) is 0 Å². The van der Waals surface area contributed by atoms with Crippen LogP contribution in [0.15, 0.2) is 0 Å². The van der Waals surface area contributed by atoms with Crippen molar-refractivity contribution in [1.82, 2.24) is 4.90 Å². The number of carbonyl (C=O) groups excluding carboxylic acids is 1. The smallest absolute Gasteiger partial charge is 0.226 e. The summed E-state index contributed by atoms with van der Waals surface area (Å²) >= 11 is 0. The van der Waals surface area contributed by atoms with Crippen molar-refractivity contribution in [3.8, 4) is 0 Å². The number of nitrogens with two attached hydrogens (primary N) is 1. The van der Waals surface area contributed by atoms with Crippen molar-refractivity contribution in [3.05, 3.63) is 0 Å². The second-order valence-corrected chi connectivity index (χ2v) is 6.33. The van der Waals surface area contributed by atoms with Gasteiger partial charge in [0.15, 0.2) is 0 Å². The zero-order valence-electron chi connectivity index (χ0n) is 11.7. The van der Waals surface area contributed by atoms with E-state index in [4.69, 9.17) is 10.5 Å². The van der Waals surface area contributed by atoms with Gasteiger partial charge in [-0.2, -0.15) is 0 Å². The fourth-order valence-electron chi connectivity index (χ4n) is 4.23. The zero-order chi connectivity index (χ0) is 13.2. The van der Waals surface area contributed by atoms with E-state index in [0.717, 1.165) is 38.6 Å². The van der Waals surface area contributed by atoms with E-state index in [1.807, 2.05) is 0 Å². The molecule has 0 radical (unpaired) electrons. The molecule has 3 rings (SSSR count). The Bertz CT molecular complexity index is 332. The van der Waals surface area contributed by atoms with Crippen LogP contribution in [0.4, 0.5) is 0 Å². The first-order valence-corrected chi connectivity index (χ1v) is 7.93. The van der Waals surface area contributed by atoms with E-state index in [0.29, 0.717) is 37.1 Å². The minimum atomic E-state index is 0.186. The van der Waals surface area contributed by atoms with Crippen LogP contribution < -0.4 is 5.73 Å². The summed E-state index contributed by atoms with van der Waals surface area (Å²) in [5.74, 6) is 0.969. The van der Waals surface area contributed by atoms with Gasteiger partial charge in [0.1, 0.15) is 0 Å². The first-order valence-electron chi connectivity index (χ1n) is 7.93. The number of amides is 1. The molecule has 2 saturated carbocycles. The van der Waals surface area contributed by atoms with E-state index >= 15 is 0 Å². The Balaban J connectivity index is 1.71. The van der Waals surface area contributed by atoms with Gasteiger partial charge in [0.05, 0.1) is 18.8 Å². The van der Waals surface area contributed by atoms with Gasteiger partial charge in [-0.1, -0.05) is 19.3 Å². The lowest BCUT2D eigenvalue weighted by Gasteiger charge is -2.45. The lowest BCUT2D eigenvalue weighted by Crippen LogP contribution is -2.56. The molecule has 2 N–H and O–H groups in total. The average Bonchev–Trinajstić information content (AvgIpc) is 2.94. The quantitative estimate of drug-likeness (QED) is 0.824. The number of hydrogen-bond acceptors (Lipinski definition) is 3. The summed E-state index contributed by atoms with van der Waals surface area (Å²) in [5.41, 5.74) is 5.83. The van der Waals surface area contributed by atoms with Crippen LogP contribution in [0.5, 0.6) is 0 Å². The highest BCUT2D eigenvalue weighted by molar-refractivity contribution is 5.80. The van der Waals surface area contributed by atoms with Crippen molar-refractivity contribution in [2.45, 2.75) is 57.1 Å². The Morgan fingerprint density at radius 2 is 2.00 bits per heavy atom. The molecule has 0 bridgehead atoms. The molecule has 4 atom stereocenters. The molecular weight excluding hydrogens is 240 g/mol. The number of hydrogen-bond donors (Lipinski definition) is 1. The third kappa shape index (κ3) is 2.52. The topological polar surface area (TPSA) is 55.6 Å². The van der Waals surface area contributed by atoms with E-state index in [1.165, 1.54) is 12.8 Å². The van der Waals surface area contributed by atoms with Crippen LogP contribution in [-0.4, -0.2) is 42.6 Å². The third-order valence-electron chi connectivity index (χ3n) is 5.29. The van der Waals surface area contributed by atoms with Gasteiger partial charge in [0, 0.05) is 12.5 Å². The number of carbonyl (C=O) groups is 1. The fourth-order valence-corrected chi connectivity index (χ4v) is 4.23. The Hall–Kier alpha value is -0.610. The molecule has 0 aromatic carbocycles. The largest absolute Gasteiger partial charge is 0.374 e. The number of fused-ring (bicyclic) bond motifs is 1. The van der Waals surface area contributed by atoms with Crippen LogP contribution in [0.2, 0.25) is 0 Å². The number of nitrogens with zero attached hydrogens (tertiary/aromatic N) is 1. The summed E-state index contributed by atoms with van der Waals surface area (Å²) in [4.78, 5) is 15.0. The van der Waals surface area contributed by atoms with Crippen molar-refractivity contribution < 1.29 is 9.53 Å². The molecule has 0 spiro atoms. The first-order chi connectivity index (χ1) is 9.31. The predicted molar refractivity (Wildman–Crippen MR) is 73.6 cm³/mol. The van der Waals surface area contributed by atoms with E-state index in [2.05, 4.69) is 4.90 Å². The Morgan fingerprint density at radius 3 is 2.84 bits per heavy atom. The normalized spacial score (nSPS) is 39.1. The summed E-state index contributed by atoms with van der Waals surface area (Å²) in [7, 11) is 0. The maximum atomic E-state index is 12.8. The van der Waals surface area contributed by atoms with Crippen LogP contribution in [0.25, 0.3) is 0 Å². The van der Waals surface area contributed by atoms with Gasteiger partial charge in [-0.3, -0.25) is 4.79 Å². The summed E-state index contributed by atoms with van der Waals surface area (Å²) in [6.07, 6.45) is 8.36. The van der Waals surface area contributed by atoms with Crippen molar-refractivity contribution in [1.29, 1.82) is 0 Å². The Labute approximate surface area is 115 Å². The monoisotopic (exact) mass is 266 g/mol. The van der Waals surface area contributed by atoms with Gasteiger partial charge in [-0.05, 0) is 38.1 Å². The molecular formula is C15H26N2O2. The first kappa shape index (κ1) is 13.4. The van der Waals surface area contributed by atoms with E-state index in [-0.39, 0.29) is 5.92 Å². The lowest BCUT2D eigenvalue weighted by molar-refractivity contribution is -0.154. The van der Waals surface area contributed by atoms with Gasteiger partial charge >= 0.3 is 0 Å². The second-order valence-electron chi connectivity index (χ2n) is 6.33. The molecule has 3 fully saturated rings. The zero-order valence-corrected chi connectivity index (χ0v) is 11.7. The molecule has 0 aromatic heterocycles. The van der Waals surface area contributed by atoms with E-state index in [1.54, 1.807) is 0 Å².